The van der Waals surface area contributed by atoms with Crippen LogP contribution in [0.3, 0.4) is 0 Å². The maximum atomic E-state index is 12.0. The van der Waals surface area contributed by atoms with Crippen molar-refractivity contribution in [3.63, 3.8) is 0 Å². The number of hydrogen-bond acceptors (Lipinski definition) is 2. The first kappa shape index (κ1) is 16.5. The number of nitrogens with two attached hydrogens (primary N) is 1. The molecule has 1 aliphatic rings. The summed E-state index contributed by atoms with van der Waals surface area (Å²) in [6.07, 6.45) is 11.4. The number of nitrogens with one attached hydrogen (secondary N) is 1. The van der Waals surface area contributed by atoms with Gasteiger partial charge in [0.05, 0.1) is 0 Å². The van der Waals surface area contributed by atoms with Crippen molar-refractivity contribution in [2.24, 2.45) is 11.7 Å². The largest absolute Gasteiger partial charge is 0.354 e. The lowest BCUT2D eigenvalue weighted by atomic mass is 9.84. The Balaban J connectivity index is 2.12. The standard InChI is InChI=1S/C16H32N2O/c1-3-4-5-6-8-13(2)18-16(19)12-14-9-7-10-15(17)11-14/h13-15H,3-12,17H2,1-2H3,(H,18,19). The van der Waals surface area contributed by atoms with E-state index in [-0.39, 0.29) is 5.91 Å². The fourth-order valence-electron chi connectivity index (χ4n) is 3.06. The second kappa shape index (κ2) is 9.35. The average Bonchev–Trinajstić information content (AvgIpc) is 2.34. The predicted molar refractivity (Wildman–Crippen MR) is 80.9 cm³/mol. The van der Waals surface area contributed by atoms with E-state index in [9.17, 15) is 4.79 Å². The van der Waals surface area contributed by atoms with E-state index in [1.807, 2.05) is 0 Å². The third-order valence-electron chi connectivity index (χ3n) is 4.20. The number of unbranched alkanes of at least 4 members (excludes halogenated alkanes) is 3. The molecule has 0 saturated heterocycles. The average molecular weight is 268 g/mol. The first-order chi connectivity index (χ1) is 9.11. The van der Waals surface area contributed by atoms with Crippen LogP contribution in [0.5, 0.6) is 0 Å². The van der Waals surface area contributed by atoms with Crippen molar-refractivity contribution in [2.75, 3.05) is 0 Å². The highest BCUT2D eigenvalue weighted by Gasteiger charge is 2.21. The van der Waals surface area contributed by atoms with Crippen LogP contribution < -0.4 is 11.1 Å². The number of amides is 1. The zero-order chi connectivity index (χ0) is 14.1. The molecule has 1 fully saturated rings. The third kappa shape index (κ3) is 7.56. The van der Waals surface area contributed by atoms with Gasteiger partial charge in [-0.05, 0) is 38.5 Å². The fraction of sp³-hybridized carbons (Fsp3) is 0.938. The van der Waals surface area contributed by atoms with E-state index in [0.717, 1.165) is 19.3 Å². The molecule has 0 bridgehead atoms. The molecule has 0 aromatic carbocycles. The zero-order valence-corrected chi connectivity index (χ0v) is 12.8. The van der Waals surface area contributed by atoms with Crippen molar-refractivity contribution in [1.29, 1.82) is 0 Å². The molecule has 3 N–H and O–H groups in total. The highest BCUT2D eigenvalue weighted by atomic mass is 16.1. The Morgan fingerprint density at radius 3 is 2.79 bits per heavy atom. The molecule has 3 nitrogen and oxygen atoms in total. The van der Waals surface area contributed by atoms with Crippen LogP contribution in [-0.4, -0.2) is 18.0 Å². The van der Waals surface area contributed by atoms with Gasteiger partial charge < -0.3 is 11.1 Å². The number of rotatable bonds is 8. The van der Waals surface area contributed by atoms with Gasteiger partial charge in [-0.3, -0.25) is 4.79 Å². The van der Waals surface area contributed by atoms with Gasteiger partial charge in [0.2, 0.25) is 5.91 Å². The van der Waals surface area contributed by atoms with E-state index in [1.165, 1.54) is 38.5 Å². The van der Waals surface area contributed by atoms with Gasteiger partial charge in [-0.2, -0.15) is 0 Å². The van der Waals surface area contributed by atoms with E-state index in [4.69, 9.17) is 5.73 Å². The highest BCUT2D eigenvalue weighted by Crippen LogP contribution is 2.25. The molecule has 3 atom stereocenters. The molecule has 1 rings (SSSR count). The molecule has 1 amide bonds. The Kier molecular flexibility index (Phi) is 8.11. The topological polar surface area (TPSA) is 55.1 Å². The Bertz CT molecular complexity index is 255. The number of carbonyl (C=O) groups excluding carboxylic acids is 1. The number of hydrogen-bond donors (Lipinski definition) is 2. The van der Waals surface area contributed by atoms with Gasteiger partial charge in [0.25, 0.3) is 0 Å². The molecular weight excluding hydrogens is 236 g/mol. The summed E-state index contributed by atoms with van der Waals surface area (Å²) in [5.41, 5.74) is 5.96. The van der Waals surface area contributed by atoms with E-state index >= 15 is 0 Å². The molecule has 0 spiro atoms. The molecule has 0 aliphatic heterocycles. The van der Waals surface area contributed by atoms with Crippen molar-refractivity contribution in [1.82, 2.24) is 5.32 Å². The van der Waals surface area contributed by atoms with E-state index in [2.05, 4.69) is 19.2 Å². The Hall–Kier alpha value is -0.570. The van der Waals surface area contributed by atoms with Crippen LogP contribution >= 0.6 is 0 Å². The molecule has 0 heterocycles. The summed E-state index contributed by atoms with van der Waals surface area (Å²) in [6, 6.07) is 0.639. The lowest BCUT2D eigenvalue weighted by Gasteiger charge is -2.26. The predicted octanol–water partition coefficient (Wildman–Crippen LogP) is 3.37. The van der Waals surface area contributed by atoms with Crippen molar-refractivity contribution >= 4 is 5.91 Å². The molecule has 0 radical (unpaired) electrons. The monoisotopic (exact) mass is 268 g/mol. The van der Waals surface area contributed by atoms with E-state index < -0.39 is 0 Å². The molecule has 0 aromatic heterocycles. The van der Waals surface area contributed by atoms with Crippen LogP contribution in [-0.2, 0) is 4.79 Å². The zero-order valence-electron chi connectivity index (χ0n) is 12.8. The summed E-state index contributed by atoms with van der Waals surface area (Å²) >= 11 is 0. The number of carbonyl (C=O) groups is 1. The van der Waals surface area contributed by atoms with Gasteiger partial charge in [0, 0.05) is 18.5 Å². The molecule has 3 heteroatoms. The van der Waals surface area contributed by atoms with E-state index in [1.54, 1.807) is 0 Å². The minimum absolute atomic E-state index is 0.224. The lowest BCUT2D eigenvalue weighted by Crippen LogP contribution is -2.36. The summed E-state index contributed by atoms with van der Waals surface area (Å²) in [7, 11) is 0. The van der Waals surface area contributed by atoms with Crippen LogP contribution in [0.1, 0.15) is 78.1 Å². The second-order valence-corrected chi connectivity index (χ2v) is 6.31. The van der Waals surface area contributed by atoms with Crippen LogP contribution in [0, 0.1) is 5.92 Å². The first-order valence-electron chi connectivity index (χ1n) is 8.16. The maximum absolute atomic E-state index is 12.0. The smallest absolute Gasteiger partial charge is 0.220 e. The normalized spacial score (nSPS) is 25.0. The SMILES string of the molecule is CCCCCCC(C)NC(=O)CC1CCCC(N)C1. The van der Waals surface area contributed by atoms with Gasteiger partial charge in [-0.15, -0.1) is 0 Å². The summed E-state index contributed by atoms with van der Waals surface area (Å²) in [4.78, 5) is 12.0. The molecule has 3 unspecified atom stereocenters. The molecular formula is C16H32N2O. The molecule has 1 saturated carbocycles. The quantitative estimate of drug-likeness (QED) is 0.663. The summed E-state index contributed by atoms with van der Waals surface area (Å²) in [5, 5.41) is 3.14. The van der Waals surface area contributed by atoms with Gasteiger partial charge in [-0.1, -0.05) is 39.0 Å². The summed E-state index contributed by atoms with van der Waals surface area (Å²) in [5.74, 6) is 0.734. The lowest BCUT2D eigenvalue weighted by molar-refractivity contribution is -0.122. The highest BCUT2D eigenvalue weighted by molar-refractivity contribution is 5.76. The molecule has 112 valence electrons. The van der Waals surface area contributed by atoms with Gasteiger partial charge >= 0.3 is 0 Å². The minimum Gasteiger partial charge on any atom is -0.354 e. The Labute approximate surface area is 118 Å². The minimum atomic E-state index is 0.224. The van der Waals surface area contributed by atoms with Gasteiger partial charge in [0.15, 0.2) is 0 Å². The van der Waals surface area contributed by atoms with E-state index in [0.29, 0.717) is 24.4 Å². The van der Waals surface area contributed by atoms with Gasteiger partial charge in [0.1, 0.15) is 0 Å². The Morgan fingerprint density at radius 2 is 2.11 bits per heavy atom. The summed E-state index contributed by atoms with van der Waals surface area (Å²) < 4.78 is 0. The van der Waals surface area contributed by atoms with Crippen LogP contribution in [0.4, 0.5) is 0 Å². The molecule has 1 aliphatic carbocycles. The van der Waals surface area contributed by atoms with Crippen LogP contribution in [0.15, 0.2) is 0 Å². The van der Waals surface area contributed by atoms with Crippen LogP contribution in [0.2, 0.25) is 0 Å². The van der Waals surface area contributed by atoms with Crippen molar-refractivity contribution < 1.29 is 4.79 Å². The fourth-order valence-corrected chi connectivity index (χ4v) is 3.06. The molecule has 0 aromatic rings. The first-order valence-corrected chi connectivity index (χ1v) is 8.16. The van der Waals surface area contributed by atoms with Crippen molar-refractivity contribution in [3.8, 4) is 0 Å². The van der Waals surface area contributed by atoms with Crippen molar-refractivity contribution in [3.05, 3.63) is 0 Å². The second-order valence-electron chi connectivity index (χ2n) is 6.31. The molecule has 19 heavy (non-hydrogen) atoms. The summed E-state index contributed by atoms with van der Waals surface area (Å²) in [6.45, 7) is 4.34. The maximum Gasteiger partial charge on any atom is 0.220 e. The van der Waals surface area contributed by atoms with Crippen LogP contribution in [0.25, 0.3) is 0 Å². The third-order valence-corrected chi connectivity index (χ3v) is 4.20. The van der Waals surface area contributed by atoms with Gasteiger partial charge in [-0.25, -0.2) is 0 Å². The Morgan fingerprint density at radius 1 is 1.32 bits per heavy atom. The van der Waals surface area contributed by atoms with Crippen molar-refractivity contribution in [2.45, 2.75) is 90.1 Å².